The van der Waals surface area contributed by atoms with Crippen molar-refractivity contribution in [2.45, 2.75) is 12.5 Å². The number of nitrogens with two attached hydrogens (primary N) is 1. The van der Waals surface area contributed by atoms with Crippen molar-refractivity contribution in [1.29, 1.82) is 0 Å². The third-order valence-electron chi connectivity index (χ3n) is 4.03. The Kier molecular flexibility index (Phi) is 5.23. The summed E-state index contributed by atoms with van der Waals surface area (Å²) < 4.78 is 4.74. The number of phenols is 2. The largest absolute Gasteiger partial charge is 0.504 e. The van der Waals surface area contributed by atoms with Crippen LogP contribution < -0.4 is 5.73 Å². The highest BCUT2D eigenvalue weighted by Crippen LogP contribution is 2.25. The Bertz CT molecular complexity index is 1020. The fourth-order valence-electron chi connectivity index (χ4n) is 2.64. The molecule has 0 amide bonds. The number of aromatic hydroxyl groups is 2. The molecule has 3 aromatic rings. The summed E-state index contributed by atoms with van der Waals surface area (Å²) in [7, 11) is 0. The van der Waals surface area contributed by atoms with Gasteiger partial charge in [0.25, 0.3) is 0 Å². The van der Waals surface area contributed by atoms with E-state index in [0.29, 0.717) is 5.56 Å². The van der Waals surface area contributed by atoms with Crippen LogP contribution in [0.3, 0.4) is 0 Å². The first-order chi connectivity index (χ1) is 12.9. The smallest absolute Gasteiger partial charge is 0.338 e. The normalized spacial score (nSPS) is 12.3. The second-order valence-electron chi connectivity index (χ2n) is 5.99. The number of esters is 2. The Morgan fingerprint density at radius 3 is 2.70 bits per heavy atom. The van der Waals surface area contributed by atoms with Crippen molar-refractivity contribution in [2.24, 2.45) is 5.73 Å². The molecule has 5 N–H and O–H groups in total. The molecule has 0 radical (unpaired) electrons. The second-order valence-corrected chi connectivity index (χ2v) is 5.99. The Morgan fingerprint density at radius 1 is 1.15 bits per heavy atom. The standard InChI is InChI=1S/C20H18N2O5/c21-15(10-13-11-22-16-4-2-1-3-14(13)16)20(26)27-19(25)8-6-12-5-7-17(23)18(24)9-12/h1-9,11,15,22-24H,10,21H2. The first kappa shape index (κ1) is 18.2. The molecule has 2 aromatic carbocycles. The molecule has 0 fully saturated rings. The lowest BCUT2D eigenvalue weighted by molar-refractivity contribution is -0.157. The zero-order valence-electron chi connectivity index (χ0n) is 14.3. The van der Waals surface area contributed by atoms with E-state index in [1.54, 1.807) is 6.20 Å². The molecule has 0 saturated carbocycles. The van der Waals surface area contributed by atoms with E-state index < -0.39 is 18.0 Å². The highest BCUT2D eigenvalue weighted by molar-refractivity contribution is 5.96. The number of ether oxygens (including phenoxy) is 1. The molecule has 0 aliphatic heterocycles. The van der Waals surface area contributed by atoms with Crippen LogP contribution in [0.1, 0.15) is 11.1 Å². The fourth-order valence-corrected chi connectivity index (χ4v) is 2.64. The summed E-state index contributed by atoms with van der Waals surface area (Å²) in [5, 5.41) is 19.6. The summed E-state index contributed by atoms with van der Waals surface area (Å²) in [6.07, 6.45) is 4.39. The van der Waals surface area contributed by atoms with Crippen LogP contribution in [0.2, 0.25) is 0 Å². The number of aromatic nitrogens is 1. The van der Waals surface area contributed by atoms with Gasteiger partial charge in [0.15, 0.2) is 11.5 Å². The number of para-hydroxylation sites is 1. The van der Waals surface area contributed by atoms with Gasteiger partial charge in [-0.05, 0) is 35.4 Å². The molecule has 1 heterocycles. The minimum atomic E-state index is -0.987. The summed E-state index contributed by atoms with van der Waals surface area (Å²) in [4.78, 5) is 26.9. The predicted molar refractivity (Wildman–Crippen MR) is 99.9 cm³/mol. The van der Waals surface area contributed by atoms with Crippen LogP contribution in [0.5, 0.6) is 11.5 Å². The number of fused-ring (bicyclic) bond motifs is 1. The molecule has 1 aromatic heterocycles. The Morgan fingerprint density at radius 2 is 1.93 bits per heavy atom. The number of benzene rings is 2. The number of H-pyrrole nitrogens is 1. The maximum Gasteiger partial charge on any atom is 0.338 e. The minimum Gasteiger partial charge on any atom is -0.504 e. The van der Waals surface area contributed by atoms with Crippen molar-refractivity contribution in [3.8, 4) is 11.5 Å². The maximum atomic E-state index is 12.0. The van der Waals surface area contributed by atoms with E-state index in [0.717, 1.165) is 22.5 Å². The Labute approximate surface area is 154 Å². The first-order valence-electron chi connectivity index (χ1n) is 8.20. The highest BCUT2D eigenvalue weighted by Gasteiger charge is 2.19. The van der Waals surface area contributed by atoms with Gasteiger partial charge in [-0.25, -0.2) is 9.59 Å². The summed E-state index contributed by atoms with van der Waals surface area (Å²) >= 11 is 0. The van der Waals surface area contributed by atoms with Crippen molar-refractivity contribution in [3.05, 3.63) is 65.9 Å². The van der Waals surface area contributed by atoms with E-state index in [4.69, 9.17) is 10.5 Å². The van der Waals surface area contributed by atoms with Crippen LogP contribution >= 0.6 is 0 Å². The average molecular weight is 366 g/mol. The molecule has 0 saturated heterocycles. The topological polar surface area (TPSA) is 126 Å². The van der Waals surface area contributed by atoms with E-state index in [2.05, 4.69) is 4.98 Å². The van der Waals surface area contributed by atoms with Gasteiger partial charge in [0, 0.05) is 29.6 Å². The van der Waals surface area contributed by atoms with Crippen molar-refractivity contribution in [1.82, 2.24) is 4.98 Å². The number of nitrogens with one attached hydrogen (secondary N) is 1. The Hall–Kier alpha value is -3.58. The molecule has 0 spiro atoms. The molecule has 0 aliphatic rings. The van der Waals surface area contributed by atoms with Gasteiger partial charge < -0.3 is 25.7 Å². The monoisotopic (exact) mass is 366 g/mol. The summed E-state index contributed by atoms with van der Waals surface area (Å²) in [6, 6.07) is 10.7. The molecule has 1 unspecified atom stereocenters. The molecular formula is C20H18N2O5. The summed E-state index contributed by atoms with van der Waals surface area (Å²) in [6.45, 7) is 0. The molecule has 138 valence electrons. The van der Waals surface area contributed by atoms with Crippen molar-refractivity contribution < 1.29 is 24.5 Å². The summed E-state index contributed by atoms with van der Waals surface area (Å²) in [5.74, 6) is -2.29. The second kappa shape index (κ2) is 7.76. The fraction of sp³-hybridized carbons (Fsp3) is 0.100. The molecule has 1 atom stereocenters. The number of carbonyl (C=O) groups is 2. The molecule has 0 aliphatic carbocycles. The highest BCUT2D eigenvalue weighted by atomic mass is 16.6. The van der Waals surface area contributed by atoms with Gasteiger partial charge in [-0.2, -0.15) is 0 Å². The first-order valence-corrected chi connectivity index (χ1v) is 8.20. The van der Waals surface area contributed by atoms with Crippen LogP contribution in [0.4, 0.5) is 0 Å². The Balaban J connectivity index is 1.59. The lowest BCUT2D eigenvalue weighted by Gasteiger charge is -2.09. The number of aromatic amines is 1. The molecular weight excluding hydrogens is 348 g/mol. The zero-order valence-corrected chi connectivity index (χ0v) is 14.3. The lowest BCUT2D eigenvalue weighted by Crippen LogP contribution is -2.35. The van der Waals surface area contributed by atoms with Crippen molar-refractivity contribution >= 4 is 28.9 Å². The predicted octanol–water partition coefficient (Wildman–Crippen LogP) is 2.23. The molecule has 0 bridgehead atoms. The third-order valence-corrected chi connectivity index (χ3v) is 4.03. The van der Waals surface area contributed by atoms with Gasteiger partial charge >= 0.3 is 11.9 Å². The van der Waals surface area contributed by atoms with E-state index in [-0.39, 0.29) is 17.9 Å². The maximum absolute atomic E-state index is 12.0. The van der Waals surface area contributed by atoms with E-state index in [9.17, 15) is 19.8 Å². The van der Waals surface area contributed by atoms with E-state index in [1.165, 1.54) is 24.3 Å². The van der Waals surface area contributed by atoms with Gasteiger partial charge in [0.05, 0.1) is 0 Å². The minimum absolute atomic E-state index is 0.228. The van der Waals surface area contributed by atoms with Crippen LogP contribution in [0.15, 0.2) is 54.7 Å². The molecule has 7 nitrogen and oxygen atoms in total. The third kappa shape index (κ3) is 4.34. The van der Waals surface area contributed by atoms with Gasteiger partial charge in [-0.1, -0.05) is 24.3 Å². The van der Waals surface area contributed by atoms with Gasteiger partial charge in [-0.15, -0.1) is 0 Å². The zero-order chi connectivity index (χ0) is 19.4. The summed E-state index contributed by atoms with van der Waals surface area (Å²) in [5.41, 5.74) is 8.12. The number of hydrogen-bond donors (Lipinski definition) is 4. The van der Waals surface area contributed by atoms with Gasteiger partial charge in [-0.3, -0.25) is 0 Å². The quantitative estimate of drug-likeness (QED) is 0.237. The van der Waals surface area contributed by atoms with Crippen molar-refractivity contribution in [3.63, 3.8) is 0 Å². The van der Waals surface area contributed by atoms with E-state index in [1.807, 2.05) is 24.3 Å². The SMILES string of the molecule is NC(Cc1c[nH]c2ccccc12)C(=O)OC(=O)C=Cc1ccc(O)c(O)c1. The number of hydrogen-bond acceptors (Lipinski definition) is 6. The van der Waals surface area contributed by atoms with Crippen LogP contribution in [0, 0.1) is 0 Å². The van der Waals surface area contributed by atoms with Crippen LogP contribution in [0.25, 0.3) is 17.0 Å². The average Bonchev–Trinajstić information content (AvgIpc) is 3.05. The van der Waals surface area contributed by atoms with Gasteiger partial charge in [0.2, 0.25) is 0 Å². The molecule has 7 heteroatoms. The van der Waals surface area contributed by atoms with Gasteiger partial charge in [0.1, 0.15) is 6.04 Å². The van der Waals surface area contributed by atoms with Crippen molar-refractivity contribution in [2.75, 3.05) is 0 Å². The van der Waals surface area contributed by atoms with E-state index >= 15 is 0 Å². The van der Waals surface area contributed by atoms with Crippen LogP contribution in [-0.2, 0) is 20.7 Å². The number of phenolic OH excluding ortho intramolecular Hbond substituents is 2. The lowest BCUT2D eigenvalue weighted by atomic mass is 10.1. The number of rotatable bonds is 5. The number of carbonyl (C=O) groups excluding carboxylic acids is 2. The molecule has 27 heavy (non-hydrogen) atoms. The van der Waals surface area contributed by atoms with Crippen LogP contribution in [-0.4, -0.2) is 33.2 Å². The molecule has 3 rings (SSSR count).